The van der Waals surface area contributed by atoms with E-state index in [1.165, 1.54) is 28.2 Å². The van der Waals surface area contributed by atoms with E-state index >= 15 is 8.78 Å². The van der Waals surface area contributed by atoms with Crippen LogP contribution in [0.2, 0.25) is 0 Å². The highest BCUT2D eigenvalue weighted by atomic mass is 32.1. The summed E-state index contributed by atoms with van der Waals surface area (Å²) in [6.45, 7) is 3.68. The minimum absolute atomic E-state index is 0.0935. The van der Waals surface area contributed by atoms with Gasteiger partial charge in [-0.1, -0.05) is 49.4 Å². The Hall–Kier alpha value is -5.13. The van der Waals surface area contributed by atoms with Gasteiger partial charge in [-0.3, -0.25) is 24.0 Å². The molecule has 0 aliphatic rings. The molecular formula is C37H33F2N5O3S. The molecule has 0 spiro atoms. The van der Waals surface area contributed by atoms with Gasteiger partial charge >= 0.3 is 5.69 Å². The van der Waals surface area contributed by atoms with E-state index in [-0.39, 0.29) is 40.0 Å². The number of rotatable bonds is 11. The summed E-state index contributed by atoms with van der Waals surface area (Å²) < 4.78 is 32.3. The fourth-order valence-corrected chi connectivity index (χ4v) is 6.99. The van der Waals surface area contributed by atoms with Crippen molar-refractivity contribution in [2.75, 3.05) is 7.05 Å². The zero-order valence-corrected chi connectivity index (χ0v) is 27.5. The molecule has 2 aromatic carbocycles. The molecule has 6 aromatic rings. The maximum atomic E-state index is 15.0. The number of carbonyl (C=O) groups excluding carboxylic acids is 1. The summed E-state index contributed by atoms with van der Waals surface area (Å²) in [5, 5.41) is 0.252. The summed E-state index contributed by atoms with van der Waals surface area (Å²) in [6.07, 6.45) is 3.94. The third kappa shape index (κ3) is 6.39. The smallest absolute Gasteiger partial charge is 0.299 e. The van der Waals surface area contributed by atoms with Gasteiger partial charge in [0.1, 0.15) is 28.1 Å². The number of benzene rings is 2. The van der Waals surface area contributed by atoms with Crippen molar-refractivity contribution in [2.24, 2.45) is 0 Å². The predicted octanol–water partition coefficient (Wildman–Crippen LogP) is 6.71. The average molecular weight is 666 g/mol. The summed E-state index contributed by atoms with van der Waals surface area (Å²) in [7, 11) is 1.92. The van der Waals surface area contributed by atoms with Gasteiger partial charge in [-0.2, -0.15) is 0 Å². The van der Waals surface area contributed by atoms with Crippen molar-refractivity contribution in [1.82, 2.24) is 24.0 Å². The van der Waals surface area contributed by atoms with Gasteiger partial charge in [0.15, 0.2) is 0 Å². The molecule has 0 aliphatic heterocycles. The summed E-state index contributed by atoms with van der Waals surface area (Å²) in [5.41, 5.74) is 1.47. The normalized spacial score (nSPS) is 12.1. The van der Waals surface area contributed by atoms with Crippen molar-refractivity contribution >= 4 is 27.3 Å². The maximum absolute atomic E-state index is 15.0. The zero-order valence-electron chi connectivity index (χ0n) is 26.7. The van der Waals surface area contributed by atoms with Gasteiger partial charge in [0.25, 0.3) is 5.56 Å². The summed E-state index contributed by atoms with van der Waals surface area (Å²) >= 11 is 1.22. The Kier molecular flexibility index (Phi) is 9.51. The van der Waals surface area contributed by atoms with Crippen LogP contribution in [-0.2, 0) is 24.3 Å². The van der Waals surface area contributed by atoms with Crippen molar-refractivity contribution in [3.63, 3.8) is 0 Å². The van der Waals surface area contributed by atoms with Crippen molar-refractivity contribution in [1.29, 1.82) is 0 Å². The number of fused-ring (bicyclic) bond motifs is 1. The minimum atomic E-state index is -0.802. The van der Waals surface area contributed by atoms with Gasteiger partial charge in [-0.05, 0) is 67.1 Å². The van der Waals surface area contributed by atoms with Crippen molar-refractivity contribution in [3.8, 4) is 16.3 Å². The van der Waals surface area contributed by atoms with Crippen LogP contribution in [0, 0.1) is 11.6 Å². The molecule has 244 valence electrons. The van der Waals surface area contributed by atoms with E-state index in [2.05, 4.69) is 14.9 Å². The molecule has 0 saturated heterocycles. The van der Waals surface area contributed by atoms with Gasteiger partial charge in [-0.15, -0.1) is 11.3 Å². The lowest BCUT2D eigenvalue weighted by Gasteiger charge is -2.24. The number of Topliss-reactive ketones (excluding diaryl/α,β-unsaturated/α-hetero) is 1. The highest BCUT2D eigenvalue weighted by Crippen LogP contribution is 2.39. The molecule has 1 atom stereocenters. The average Bonchev–Trinajstić information content (AvgIpc) is 3.47. The van der Waals surface area contributed by atoms with Crippen LogP contribution in [-0.4, -0.2) is 36.8 Å². The lowest BCUT2D eigenvalue weighted by atomic mass is 10.0. The standard InChI is InChI=1S/C37H33F2N5O3S/c1-4-26(45)20-24-14-16-25(17-15-24)34-28(21-42(3)23(2)31-12-5-7-18-40-31)33-35(46)44(32-13-6-8-19-41-32)37(47)43(36(33)48-34)22-27-29(38)10-9-11-30(27)39/h5-19,23H,4,20-22H2,1-3H3. The molecule has 0 radical (unpaired) electrons. The van der Waals surface area contributed by atoms with Crippen LogP contribution in [0.25, 0.3) is 26.5 Å². The van der Waals surface area contributed by atoms with Crippen molar-refractivity contribution in [3.05, 3.63) is 146 Å². The number of ketones is 1. The molecule has 0 aliphatic carbocycles. The number of pyridine rings is 2. The van der Waals surface area contributed by atoms with Crippen molar-refractivity contribution < 1.29 is 13.6 Å². The summed E-state index contributed by atoms with van der Waals surface area (Å²) in [4.78, 5) is 52.6. The third-order valence-electron chi connectivity index (χ3n) is 8.53. The Morgan fingerprint density at radius 2 is 1.58 bits per heavy atom. The summed E-state index contributed by atoms with van der Waals surface area (Å²) in [5.74, 6) is -1.39. The van der Waals surface area contributed by atoms with E-state index in [1.54, 1.807) is 24.4 Å². The highest BCUT2D eigenvalue weighted by Gasteiger charge is 2.27. The first kappa shape index (κ1) is 32.8. The van der Waals surface area contributed by atoms with Crippen LogP contribution in [0.1, 0.15) is 48.7 Å². The second-order valence-electron chi connectivity index (χ2n) is 11.6. The number of aromatic nitrogens is 4. The van der Waals surface area contributed by atoms with Crippen LogP contribution in [0.4, 0.5) is 8.78 Å². The monoisotopic (exact) mass is 665 g/mol. The second-order valence-corrected chi connectivity index (χ2v) is 12.6. The third-order valence-corrected chi connectivity index (χ3v) is 9.83. The van der Waals surface area contributed by atoms with Crippen LogP contribution in [0.5, 0.6) is 0 Å². The minimum Gasteiger partial charge on any atom is -0.299 e. The molecule has 0 bridgehead atoms. The molecule has 0 saturated carbocycles. The Balaban J connectivity index is 1.62. The Morgan fingerprint density at radius 3 is 2.21 bits per heavy atom. The Labute approximate surface area is 279 Å². The number of nitrogens with zero attached hydrogens (tertiary/aromatic N) is 5. The van der Waals surface area contributed by atoms with E-state index in [9.17, 15) is 14.4 Å². The first-order valence-corrected chi connectivity index (χ1v) is 16.4. The molecule has 0 N–H and O–H groups in total. The summed E-state index contributed by atoms with van der Waals surface area (Å²) in [6, 6.07) is 21.5. The Bertz CT molecular complexity index is 2190. The fourth-order valence-electron chi connectivity index (χ4n) is 5.68. The van der Waals surface area contributed by atoms with E-state index < -0.39 is 29.4 Å². The number of carbonyl (C=O) groups is 1. The molecular weight excluding hydrogens is 633 g/mol. The number of halogens is 2. The molecule has 6 rings (SSSR count). The molecule has 8 nitrogen and oxygen atoms in total. The number of hydrogen-bond donors (Lipinski definition) is 0. The van der Waals surface area contributed by atoms with E-state index in [1.807, 2.05) is 63.4 Å². The predicted molar refractivity (Wildman–Crippen MR) is 183 cm³/mol. The van der Waals surface area contributed by atoms with Gasteiger partial charge in [0.2, 0.25) is 0 Å². The molecule has 0 fully saturated rings. The van der Waals surface area contributed by atoms with Crippen LogP contribution in [0.15, 0.2) is 101 Å². The van der Waals surface area contributed by atoms with Crippen LogP contribution < -0.4 is 11.2 Å². The lowest BCUT2D eigenvalue weighted by molar-refractivity contribution is -0.118. The lowest BCUT2D eigenvalue weighted by Crippen LogP contribution is -2.39. The van der Waals surface area contributed by atoms with E-state index in [4.69, 9.17) is 0 Å². The molecule has 4 heterocycles. The van der Waals surface area contributed by atoms with Gasteiger partial charge in [0.05, 0.1) is 17.6 Å². The zero-order chi connectivity index (χ0) is 33.9. The SMILES string of the molecule is CCC(=O)Cc1ccc(-c2sc3c(c2CN(C)C(C)c2ccccn2)c(=O)n(-c2ccccn2)c(=O)n3Cc2c(F)cccc2F)cc1. The molecule has 0 amide bonds. The second kappa shape index (κ2) is 13.9. The Morgan fingerprint density at radius 1 is 0.896 bits per heavy atom. The first-order valence-electron chi connectivity index (χ1n) is 15.6. The fraction of sp³-hybridized carbons (Fsp3) is 0.216. The largest absolute Gasteiger partial charge is 0.338 e. The van der Waals surface area contributed by atoms with Crippen LogP contribution >= 0.6 is 11.3 Å². The molecule has 1 unspecified atom stereocenters. The number of thiophene rings is 1. The maximum Gasteiger partial charge on any atom is 0.338 e. The number of hydrogen-bond acceptors (Lipinski definition) is 7. The van der Waals surface area contributed by atoms with Gasteiger partial charge < -0.3 is 0 Å². The van der Waals surface area contributed by atoms with Gasteiger partial charge in [0, 0.05) is 48.3 Å². The van der Waals surface area contributed by atoms with E-state index in [0.29, 0.717) is 18.4 Å². The van der Waals surface area contributed by atoms with Crippen molar-refractivity contribution in [2.45, 2.75) is 45.8 Å². The quantitative estimate of drug-likeness (QED) is 0.153. The molecule has 48 heavy (non-hydrogen) atoms. The first-order chi connectivity index (χ1) is 23.2. The van der Waals surface area contributed by atoms with Gasteiger partial charge in [-0.25, -0.2) is 23.1 Å². The molecule has 4 aromatic heterocycles. The molecule has 11 heteroatoms. The van der Waals surface area contributed by atoms with E-state index in [0.717, 1.165) is 38.4 Å². The van der Waals surface area contributed by atoms with Crippen LogP contribution in [0.3, 0.4) is 0 Å². The topological polar surface area (TPSA) is 90.1 Å². The highest BCUT2D eigenvalue weighted by molar-refractivity contribution is 7.22.